The molecule has 0 fully saturated rings. The monoisotopic (exact) mass is 253 g/mol. The number of benzene rings is 1. The van der Waals surface area contributed by atoms with E-state index in [0.29, 0.717) is 23.9 Å². The van der Waals surface area contributed by atoms with Crippen LogP contribution in [0.2, 0.25) is 5.02 Å². The van der Waals surface area contributed by atoms with Crippen molar-refractivity contribution in [3.63, 3.8) is 0 Å². The summed E-state index contributed by atoms with van der Waals surface area (Å²) in [6, 6.07) is 7.37. The summed E-state index contributed by atoms with van der Waals surface area (Å²) in [6.07, 6.45) is 2.99. The number of amides is 1. The number of rotatable bonds is 7. The molecule has 1 rings (SSSR count). The average molecular weight is 254 g/mol. The lowest BCUT2D eigenvalue weighted by Crippen LogP contribution is -2.22. The fraction of sp³-hybridized carbons (Fsp3) is 0.308. The third kappa shape index (κ3) is 5.41. The minimum Gasteiger partial charge on any atom is -0.492 e. The molecule has 0 aromatic heterocycles. The van der Waals surface area contributed by atoms with Crippen molar-refractivity contribution in [2.75, 3.05) is 13.2 Å². The number of hydrogen-bond acceptors (Lipinski definition) is 2. The third-order valence-corrected chi connectivity index (χ3v) is 2.46. The number of carbonyl (C=O) groups excluding carboxylic acids is 1. The van der Waals surface area contributed by atoms with Crippen molar-refractivity contribution in [1.29, 1.82) is 0 Å². The molecule has 3 nitrogen and oxygen atoms in total. The number of para-hydroxylation sites is 1. The summed E-state index contributed by atoms with van der Waals surface area (Å²) in [5.74, 6) is 0.557. The Morgan fingerprint density at radius 2 is 2.18 bits per heavy atom. The van der Waals surface area contributed by atoms with Crippen LogP contribution < -0.4 is 10.1 Å². The van der Waals surface area contributed by atoms with Gasteiger partial charge in [0.15, 0.2) is 0 Å². The second kappa shape index (κ2) is 7.74. The van der Waals surface area contributed by atoms with Crippen molar-refractivity contribution in [2.45, 2.75) is 12.8 Å². The van der Waals surface area contributed by atoms with Crippen LogP contribution in [0.5, 0.6) is 5.75 Å². The van der Waals surface area contributed by atoms with E-state index in [2.05, 4.69) is 11.9 Å². The van der Waals surface area contributed by atoms with E-state index in [0.717, 1.165) is 12.8 Å². The zero-order valence-corrected chi connectivity index (χ0v) is 10.4. The van der Waals surface area contributed by atoms with E-state index in [-0.39, 0.29) is 5.91 Å². The second-order valence-corrected chi connectivity index (χ2v) is 3.89. The van der Waals surface area contributed by atoms with Gasteiger partial charge in [-0.2, -0.15) is 0 Å². The van der Waals surface area contributed by atoms with Crippen LogP contribution in [0.25, 0.3) is 0 Å². The summed E-state index contributed by atoms with van der Waals surface area (Å²) in [7, 11) is 0. The maximum Gasteiger partial charge on any atom is 0.243 e. The van der Waals surface area contributed by atoms with Gasteiger partial charge in [-0.05, 0) is 31.1 Å². The van der Waals surface area contributed by atoms with Crippen LogP contribution in [0.15, 0.2) is 36.9 Å². The lowest BCUT2D eigenvalue weighted by Gasteiger charge is -2.07. The second-order valence-electron chi connectivity index (χ2n) is 3.48. The van der Waals surface area contributed by atoms with Crippen LogP contribution >= 0.6 is 11.6 Å². The Hall–Kier alpha value is -1.48. The van der Waals surface area contributed by atoms with Gasteiger partial charge in [0.25, 0.3) is 0 Å². The van der Waals surface area contributed by atoms with E-state index in [1.165, 1.54) is 6.08 Å². The Morgan fingerprint density at radius 3 is 2.88 bits per heavy atom. The van der Waals surface area contributed by atoms with Gasteiger partial charge in [0.05, 0.1) is 11.6 Å². The average Bonchev–Trinajstić information content (AvgIpc) is 2.35. The summed E-state index contributed by atoms with van der Waals surface area (Å²) < 4.78 is 5.51. The molecule has 0 atom stereocenters. The highest BCUT2D eigenvalue weighted by Crippen LogP contribution is 2.23. The minimum atomic E-state index is -0.142. The number of halogens is 1. The van der Waals surface area contributed by atoms with Gasteiger partial charge in [0.2, 0.25) is 5.91 Å². The number of nitrogens with one attached hydrogen (secondary N) is 1. The zero-order valence-electron chi connectivity index (χ0n) is 9.62. The van der Waals surface area contributed by atoms with Crippen molar-refractivity contribution in [2.24, 2.45) is 0 Å². The van der Waals surface area contributed by atoms with Crippen molar-refractivity contribution in [3.8, 4) is 5.75 Å². The van der Waals surface area contributed by atoms with E-state index in [9.17, 15) is 4.79 Å². The van der Waals surface area contributed by atoms with Crippen molar-refractivity contribution in [3.05, 3.63) is 41.9 Å². The number of hydrogen-bond donors (Lipinski definition) is 1. The lowest BCUT2D eigenvalue weighted by atomic mass is 10.3. The summed E-state index contributed by atoms with van der Waals surface area (Å²) >= 11 is 5.93. The Balaban J connectivity index is 2.11. The molecule has 1 aromatic carbocycles. The van der Waals surface area contributed by atoms with Gasteiger partial charge in [-0.1, -0.05) is 30.3 Å². The molecule has 92 valence electrons. The predicted octanol–water partition coefficient (Wildman–Crippen LogP) is 2.80. The first-order chi connectivity index (χ1) is 8.24. The molecule has 1 N–H and O–H groups in total. The maximum atomic E-state index is 10.8. The molecular weight excluding hydrogens is 238 g/mol. The molecular formula is C13H16ClNO2. The molecule has 0 saturated carbocycles. The number of ether oxygens (including phenoxy) is 1. The van der Waals surface area contributed by atoms with Crippen LogP contribution in [0, 0.1) is 0 Å². The molecule has 0 aliphatic rings. The van der Waals surface area contributed by atoms with E-state index < -0.39 is 0 Å². The first kappa shape index (κ1) is 13.6. The summed E-state index contributed by atoms with van der Waals surface area (Å²) in [5.41, 5.74) is 0. The van der Waals surface area contributed by atoms with Crippen LogP contribution in [-0.4, -0.2) is 19.1 Å². The zero-order chi connectivity index (χ0) is 12.5. The molecule has 0 unspecified atom stereocenters. The molecule has 0 radical (unpaired) electrons. The fourth-order valence-electron chi connectivity index (χ4n) is 1.25. The highest BCUT2D eigenvalue weighted by atomic mass is 35.5. The molecule has 0 heterocycles. The van der Waals surface area contributed by atoms with E-state index in [1.807, 2.05) is 18.2 Å². The molecule has 0 aliphatic heterocycles. The SMILES string of the molecule is C=CC(=O)NCCCCOc1ccccc1Cl. The Morgan fingerprint density at radius 1 is 1.41 bits per heavy atom. The lowest BCUT2D eigenvalue weighted by molar-refractivity contribution is -0.116. The largest absolute Gasteiger partial charge is 0.492 e. The standard InChI is InChI=1S/C13H16ClNO2/c1-2-13(16)15-9-5-6-10-17-12-8-4-3-7-11(12)14/h2-4,7-8H,1,5-6,9-10H2,(H,15,16). The molecule has 1 amide bonds. The predicted molar refractivity (Wildman–Crippen MR) is 69.4 cm³/mol. The summed E-state index contributed by atoms with van der Waals surface area (Å²) in [5, 5.41) is 3.32. The molecule has 0 aliphatic carbocycles. The minimum absolute atomic E-state index is 0.142. The topological polar surface area (TPSA) is 38.3 Å². The van der Waals surface area contributed by atoms with Crippen molar-refractivity contribution in [1.82, 2.24) is 5.32 Å². The Kier molecular flexibility index (Phi) is 6.18. The van der Waals surface area contributed by atoms with Gasteiger partial charge in [-0.3, -0.25) is 4.79 Å². The van der Waals surface area contributed by atoms with Crippen molar-refractivity contribution >= 4 is 17.5 Å². The van der Waals surface area contributed by atoms with Crippen LogP contribution in [-0.2, 0) is 4.79 Å². The first-order valence-electron chi connectivity index (χ1n) is 5.51. The van der Waals surface area contributed by atoms with Gasteiger partial charge in [-0.15, -0.1) is 0 Å². The number of carbonyl (C=O) groups is 1. The van der Waals surface area contributed by atoms with Gasteiger partial charge < -0.3 is 10.1 Å². The van der Waals surface area contributed by atoms with Gasteiger partial charge >= 0.3 is 0 Å². The highest BCUT2D eigenvalue weighted by molar-refractivity contribution is 6.32. The van der Waals surface area contributed by atoms with Crippen LogP contribution in [0.3, 0.4) is 0 Å². The molecule has 4 heteroatoms. The molecule has 1 aromatic rings. The van der Waals surface area contributed by atoms with Gasteiger partial charge in [0.1, 0.15) is 5.75 Å². The maximum absolute atomic E-state index is 10.8. The van der Waals surface area contributed by atoms with Crippen LogP contribution in [0.4, 0.5) is 0 Å². The van der Waals surface area contributed by atoms with E-state index in [4.69, 9.17) is 16.3 Å². The van der Waals surface area contributed by atoms with E-state index >= 15 is 0 Å². The van der Waals surface area contributed by atoms with Gasteiger partial charge in [0, 0.05) is 6.54 Å². The number of unbranched alkanes of at least 4 members (excludes halogenated alkanes) is 1. The summed E-state index contributed by atoms with van der Waals surface area (Å²) in [6.45, 7) is 4.60. The highest BCUT2D eigenvalue weighted by Gasteiger charge is 1.99. The first-order valence-corrected chi connectivity index (χ1v) is 5.89. The molecule has 0 bridgehead atoms. The molecule has 0 saturated heterocycles. The molecule has 0 spiro atoms. The van der Waals surface area contributed by atoms with Crippen molar-refractivity contribution < 1.29 is 9.53 Å². The Bertz CT molecular complexity index is 379. The fourth-order valence-corrected chi connectivity index (χ4v) is 1.45. The summed E-state index contributed by atoms with van der Waals surface area (Å²) in [4.78, 5) is 10.8. The molecule has 17 heavy (non-hydrogen) atoms. The van der Waals surface area contributed by atoms with E-state index in [1.54, 1.807) is 6.07 Å². The third-order valence-electron chi connectivity index (χ3n) is 2.15. The Labute approximate surface area is 106 Å². The quantitative estimate of drug-likeness (QED) is 0.599. The van der Waals surface area contributed by atoms with Gasteiger partial charge in [-0.25, -0.2) is 0 Å². The van der Waals surface area contributed by atoms with Crippen LogP contribution in [0.1, 0.15) is 12.8 Å². The normalized spacial score (nSPS) is 9.71. The smallest absolute Gasteiger partial charge is 0.243 e.